The molecule has 0 amide bonds. The number of nitrogens with zero attached hydrogens (tertiary/aromatic N) is 2. The van der Waals surface area contributed by atoms with Crippen molar-refractivity contribution in [1.29, 1.82) is 0 Å². The molecule has 7 nitrogen and oxygen atoms in total. The highest BCUT2D eigenvalue weighted by Gasteiger charge is 2.34. The molecule has 2 fully saturated rings. The van der Waals surface area contributed by atoms with Gasteiger partial charge in [0.25, 0.3) is 15.3 Å². The van der Waals surface area contributed by atoms with Crippen LogP contribution in [0.5, 0.6) is 0 Å². The highest BCUT2D eigenvalue weighted by atomic mass is 79.9. The number of hydrogen-bond donors (Lipinski definition) is 1. The Kier molecular flexibility index (Phi) is 10.3. The molecule has 10 heteroatoms. The maximum Gasteiger partial charge on any atom is 0.261 e. The van der Waals surface area contributed by atoms with Gasteiger partial charge in [0.15, 0.2) is 0 Å². The topological polar surface area (TPSA) is 79.3 Å². The fraction of sp³-hybridized carbons (Fsp3) is 0.458. The lowest BCUT2D eigenvalue weighted by molar-refractivity contribution is 0.0348. The molecule has 2 aliphatic rings. The summed E-state index contributed by atoms with van der Waals surface area (Å²) in [5, 5.41) is 0.623. The Morgan fingerprint density at radius 1 is 1.12 bits per heavy atom. The molecule has 2 aromatic carbocycles. The molecule has 2 saturated heterocycles. The lowest BCUT2D eigenvalue weighted by Crippen LogP contribution is -2.39. The smallest absolute Gasteiger partial charge is 0.261 e. The van der Waals surface area contributed by atoms with E-state index in [1.54, 1.807) is 0 Å². The first-order chi connectivity index (χ1) is 16.2. The summed E-state index contributed by atoms with van der Waals surface area (Å²) in [5.74, 6) is 0. The summed E-state index contributed by atoms with van der Waals surface area (Å²) in [5.41, 5.74) is 2.56. The van der Waals surface area contributed by atoms with E-state index in [-0.39, 0.29) is 12.1 Å². The number of hydrogen-bond acceptors (Lipinski definition) is 6. The summed E-state index contributed by atoms with van der Waals surface area (Å²) in [4.78, 5) is 4.77. The van der Waals surface area contributed by atoms with Crippen molar-refractivity contribution in [1.82, 2.24) is 9.80 Å². The van der Waals surface area contributed by atoms with Gasteiger partial charge in [0.2, 0.25) is 0 Å². The van der Waals surface area contributed by atoms with E-state index in [4.69, 9.17) is 26.2 Å². The Morgan fingerprint density at radius 2 is 1.74 bits per heavy atom. The van der Waals surface area contributed by atoms with E-state index >= 15 is 0 Å². The number of rotatable bonds is 7. The van der Waals surface area contributed by atoms with E-state index in [1.165, 1.54) is 11.1 Å². The summed E-state index contributed by atoms with van der Waals surface area (Å²) in [6.07, 6.45) is 2.67. The minimum absolute atomic E-state index is 0.0794. The van der Waals surface area contributed by atoms with Crippen LogP contribution in [-0.4, -0.2) is 79.7 Å². The SMILES string of the molecule is CS(=O)(=O)O.S=C1OC(Cc2ccccc2Br)CN1C(CCN1CCOCC1)c1ccccc1. The largest absolute Gasteiger partial charge is 0.465 e. The molecular weight excluding hydrogens is 540 g/mol. The molecule has 1 N–H and O–H groups in total. The van der Waals surface area contributed by atoms with Crippen LogP contribution in [-0.2, 0) is 26.0 Å². The first-order valence-electron chi connectivity index (χ1n) is 11.2. The molecule has 0 aliphatic carbocycles. The van der Waals surface area contributed by atoms with Crippen molar-refractivity contribution < 1.29 is 22.4 Å². The van der Waals surface area contributed by atoms with Crippen LogP contribution in [0.25, 0.3) is 0 Å². The van der Waals surface area contributed by atoms with E-state index in [9.17, 15) is 8.42 Å². The molecule has 0 bridgehead atoms. The second-order valence-electron chi connectivity index (χ2n) is 8.36. The zero-order valence-corrected chi connectivity index (χ0v) is 22.4. The maximum absolute atomic E-state index is 9.19. The summed E-state index contributed by atoms with van der Waals surface area (Å²) < 4.78 is 38.6. The van der Waals surface area contributed by atoms with Gasteiger partial charge in [-0.3, -0.25) is 9.45 Å². The lowest BCUT2D eigenvalue weighted by Gasteiger charge is -2.32. The quantitative estimate of drug-likeness (QED) is 0.396. The van der Waals surface area contributed by atoms with Gasteiger partial charge in [-0.05, 0) is 35.8 Å². The third kappa shape index (κ3) is 8.90. The number of benzene rings is 2. The van der Waals surface area contributed by atoms with Crippen LogP contribution in [0.3, 0.4) is 0 Å². The molecule has 0 saturated carbocycles. The lowest BCUT2D eigenvalue weighted by atomic mass is 10.0. The highest BCUT2D eigenvalue weighted by molar-refractivity contribution is 9.10. The third-order valence-corrected chi connectivity index (χ3v) is 6.80. The van der Waals surface area contributed by atoms with Crippen LogP contribution in [0.4, 0.5) is 0 Å². The van der Waals surface area contributed by atoms with Crippen molar-refractivity contribution >= 4 is 43.4 Å². The van der Waals surface area contributed by atoms with Gasteiger partial charge in [0, 0.05) is 30.5 Å². The molecule has 34 heavy (non-hydrogen) atoms. The van der Waals surface area contributed by atoms with Crippen LogP contribution in [0, 0.1) is 0 Å². The van der Waals surface area contributed by atoms with E-state index in [0.717, 1.165) is 56.7 Å². The van der Waals surface area contributed by atoms with Gasteiger partial charge in [-0.1, -0.05) is 64.5 Å². The Bertz CT molecular complexity index is 1020. The summed E-state index contributed by atoms with van der Waals surface area (Å²) in [6, 6.07) is 19.2. The van der Waals surface area contributed by atoms with Gasteiger partial charge in [-0.25, -0.2) is 0 Å². The fourth-order valence-electron chi connectivity index (χ4n) is 4.12. The van der Waals surface area contributed by atoms with Crippen molar-refractivity contribution in [2.24, 2.45) is 0 Å². The monoisotopic (exact) mass is 570 g/mol. The van der Waals surface area contributed by atoms with Crippen LogP contribution in [0.15, 0.2) is 59.1 Å². The number of morpholine rings is 1. The summed E-state index contributed by atoms with van der Waals surface area (Å²) in [6.45, 7) is 5.53. The van der Waals surface area contributed by atoms with E-state index in [2.05, 4.69) is 74.3 Å². The molecule has 2 atom stereocenters. The van der Waals surface area contributed by atoms with Gasteiger partial charge in [0.1, 0.15) is 6.10 Å². The first kappa shape index (κ1) is 27.0. The number of ether oxygens (including phenoxy) is 2. The second-order valence-corrected chi connectivity index (χ2v) is 11.0. The molecule has 0 aromatic heterocycles. The average Bonchev–Trinajstić information content (AvgIpc) is 3.16. The van der Waals surface area contributed by atoms with Crippen LogP contribution in [0.1, 0.15) is 23.6 Å². The zero-order valence-electron chi connectivity index (χ0n) is 19.2. The minimum atomic E-state index is -3.67. The minimum Gasteiger partial charge on any atom is -0.465 e. The normalized spacial score (nSPS) is 19.8. The van der Waals surface area contributed by atoms with Crippen molar-refractivity contribution in [3.63, 3.8) is 0 Å². The maximum atomic E-state index is 9.19. The van der Waals surface area contributed by atoms with Gasteiger partial charge >= 0.3 is 0 Å². The first-order valence-corrected chi connectivity index (χ1v) is 14.2. The van der Waals surface area contributed by atoms with Crippen molar-refractivity contribution in [3.8, 4) is 0 Å². The van der Waals surface area contributed by atoms with Crippen LogP contribution >= 0.6 is 28.1 Å². The molecule has 2 aromatic rings. The summed E-state index contributed by atoms with van der Waals surface area (Å²) in [7, 11) is -3.67. The standard InChI is InChI=1S/C23H27BrN2O2S.CH4O3S/c24-21-9-5-4-8-19(21)16-20-17-26(23(29)28-20)22(18-6-2-1-3-7-18)10-11-25-12-14-27-15-13-25;1-5(2,3)4/h1-9,20,22H,10-17H2;1H3,(H,2,3,4). The average molecular weight is 572 g/mol. The number of halogens is 1. The van der Waals surface area contributed by atoms with E-state index in [0.29, 0.717) is 11.4 Å². The molecule has 2 heterocycles. The Labute approximate surface area is 215 Å². The molecular formula is C24H31BrN2O5S2. The van der Waals surface area contributed by atoms with Crippen LogP contribution < -0.4 is 0 Å². The summed E-state index contributed by atoms with van der Waals surface area (Å²) >= 11 is 9.32. The molecule has 2 aliphatic heterocycles. The molecule has 186 valence electrons. The Balaban J connectivity index is 0.000000588. The second kappa shape index (κ2) is 12.9. The fourth-order valence-corrected chi connectivity index (χ4v) is 4.90. The molecule has 2 unspecified atom stereocenters. The molecule has 0 radical (unpaired) electrons. The van der Waals surface area contributed by atoms with Gasteiger partial charge < -0.3 is 14.4 Å². The number of thiocarbonyl (C=S) groups is 1. The van der Waals surface area contributed by atoms with Crippen molar-refractivity contribution in [2.45, 2.75) is 25.0 Å². The van der Waals surface area contributed by atoms with Gasteiger partial charge in [0.05, 0.1) is 32.1 Å². The van der Waals surface area contributed by atoms with Crippen LogP contribution in [0.2, 0.25) is 0 Å². The van der Waals surface area contributed by atoms with Gasteiger partial charge in [-0.15, -0.1) is 0 Å². The highest BCUT2D eigenvalue weighted by Crippen LogP contribution is 2.31. The molecule has 4 rings (SSSR count). The Morgan fingerprint density at radius 3 is 2.38 bits per heavy atom. The third-order valence-electron chi connectivity index (χ3n) is 5.69. The van der Waals surface area contributed by atoms with Crippen molar-refractivity contribution in [2.75, 3.05) is 45.6 Å². The van der Waals surface area contributed by atoms with Gasteiger partial charge in [-0.2, -0.15) is 8.42 Å². The zero-order chi connectivity index (χ0) is 24.6. The Hall–Kier alpha value is -1.56. The van der Waals surface area contributed by atoms with Crippen molar-refractivity contribution in [3.05, 3.63) is 70.2 Å². The predicted molar refractivity (Wildman–Crippen MR) is 141 cm³/mol. The molecule has 0 spiro atoms. The predicted octanol–water partition coefficient (Wildman–Crippen LogP) is 3.94. The van der Waals surface area contributed by atoms with E-state index < -0.39 is 10.1 Å². The van der Waals surface area contributed by atoms with E-state index in [1.807, 2.05) is 6.07 Å².